The molecule has 3 heterocycles. The lowest BCUT2D eigenvalue weighted by Crippen LogP contribution is -2.38. The third-order valence-electron chi connectivity index (χ3n) is 5.58. The van der Waals surface area contributed by atoms with Crippen molar-refractivity contribution >= 4 is 17.0 Å². The molecule has 0 atom stereocenters. The smallest absolute Gasteiger partial charge is 0.409 e. The topological polar surface area (TPSA) is 52.9 Å². The van der Waals surface area contributed by atoms with Gasteiger partial charge in [0.1, 0.15) is 0 Å². The minimum absolute atomic E-state index is 0.0811. The normalized spacial score (nSPS) is 19.1. The molecule has 0 spiro atoms. The summed E-state index contributed by atoms with van der Waals surface area (Å²) in [5, 5.41) is 1.32. The van der Waals surface area contributed by atoms with Crippen LogP contribution < -0.4 is 0 Å². The van der Waals surface area contributed by atoms with Crippen molar-refractivity contribution in [2.24, 2.45) is 0 Å². The van der Waals surface area contributed by atoms with Gasteiger partial charge in [0, 0.05) is 43.2 Å². The standard InChI is InChI=1S/C21H28N2O4/c1-2-25-21(24)22-10-7-16(8-11-22)18-15-23(12-9-20-26-13-14-27-20)19-6-4-3-5-17(18)19/h3-6,15-16,20H,2,7-14H2,1H3. The van der Waals surface area contributed by atoms with E-state index in [4.69, 9.17) is 14.2 Å². The van der Waals surface area contributed by atoms with Gasteiger partial charge in [-0.3, -0.25) is 0 Å². The van der Waals surface area contributed by atoms with Crippen molar-refractivity contribution in [1.29, 1.82) is 0 Å². The van der Waals surface area contributed by atoms with Crippen molar-refractivity contribution in [1.82, 2.24) is 9.47 Å². The van der Waals surface area contributed by atoms with Crippen molar-refractivity contribution in [3.8, 4) is 0 Å². The highest BCUT2D eigenvalue weighted by Crippen LogP contribution is 2.35. The maximum absolute atomic E-state index is 11.9. The van der Waals surface area contributed by atoms with Gasteiger partial charge in [-0.2, -0.15) is 0 Å². The highest BCUT2D eigenvalue weighted by atomic mass is 16.7. The summed E-state index contributed by atoms with van der Waals surface area (Å²) in [7, 11) is 0. The van der Waals surface area contributed by atoms with Crippen molar-refractivity contribution in [2.75, 3.05) is 32.9 Å². The van der Waals surface area contributed by atoms with Crippen LogP contribution >= 0.6 is 0 Å². The maximum atomic E-state index is 11.9. The molecule has 0 unspecified atom stereocenters. The average Bonchev–Trinajstić information content (AvgIpc) is 3.35. The summed E-state index contributed by atoms with van der Waals surface area (Å²) in [6.07, 6.45) is 4.84. The number of amides is 1. The Labute approximate surface area is 160 Å². The molecule has 0 bridgehead atoms. The van der Waals surface area contributed by atoms with Gasteiger partial charge in [-0.15, -0.1) is 0 Å². The summed E-state index contributed by atoms with van der Waals surface area (Å²) in [5.41, 5.74) is 2.65. The predicted molar refractivity (Wildman–Crippen MR) is 103 cm³/mol. The third kappa shape index (κ3) is 3.96. The Kier molecular flexibility index (Phi) is 5.64. The van der Waals surface area contributed by atoms with Crippen LogP contribution in [0.2, 0.25) is 0 Å². The Morgan fingerprint density at radius 1 is 1.19 bits per heavy atom. The van der Waals surface area contributed by atoms with Crippen LogP contribution in [0.3, 0.4) is 0 Å². The third-order valence-corrected chi connectivity index (χ3v) is 5.58. The van der Waals surface area contributed by atoms with E-state index in [1.54, 1.807) is 0 Å². The van der Waals surface area contributed by atoms with Crippen molar-refractivity contribution in [3.63, 3.8) is 0 Å². The lowest BCUT2D eigenvalue weighted by molar-refractivity contribution is -0.0488. The number of hydrogen-bond acceptors (Lipinski definition) is 4. The molecule has 1 amide bonds. The van der Waals surface area contributed by atoms with E-state index in [-0.39, 0.29) is 12.4 Å². The number of carbonyl (C=O) groups excluding carboxylic acids is 1. The highest BCUT2D eigenvalue weighted by molar-refractivity contribution is 5.84. The second kappa shape index (κ2) is 8.31. The van der Waals surface area contributed by atoms with Gasteiger partial charge in [-0.25, -0.2) is 4.79 Å². The molecule has 2 aliphatic heterocycles. The Morgan fingerprint density at radius 2 is 1.93 bits per heavy atom. The predicted octanol–water partition coefficient (Wildman–Crippen LogP) is 3.74. The molecule has 2 fully saturated rings. The zero-order valence-electron chi connectivity index (χ0n) is 15.9. The van der Waals surface area contributed by atoms with Crippen LogP contribution in [-0.2, 0) is 20.8 Å². The van der Waals surface area contributed by atoms with Gasteiger partial charge in [0.15, 0.2) is 6.29 Å². The molecule has 2 aromatic rings. The van der Waals surface area contributed by atoms with Crippen molar-refractivity contribution in [3.05, 3.63) is 36.0 Å². The van der Waals surface area contributed by atoms with E-state index >= 15 is 0 Å². The van der Waals surface area contributed by atoms with E-state index in [0.717, 1.165) is 38.9 Å². The number of fused-ring (bicyclic) bond motifs is 1. The molecule has 0 aliphatic carbocycles. The lowest BCUT2D eigenvalue weighted by Gasteiger charge is -2.31. The van der Waals surface area contributed by atoms with Gasteiger partial charge < -0.3 is 23.7 Å². The Morgan fingerprint density at radius 3 is 2.67 bits per heavy atom. The van der Waals surface area contributed by atoms with Crippen LogP contribution in [0.5, 0.6) is 0 Å². The van der Waals surface area contributed by atoms with E-state index in [0.29, 0.717) is 25.7 Å². The summed E-state index contributed by atoms with van der Waals surface area (Å²) in [5.74, 6) is 0.473. The van der Waals surface area contributed by atoms with Gasteiger partial charge in [0.25, 0.3) is 0 Å². The SMILES string of the molecule is CCOC(=O)N1CCC(c2cn(CCC3OCCO3)c3ccccc23)CC1. The fourth-order valence-corrected chi connectivity index (χ4v) is 4.19. The molecule has 1 aromatic carbocycles. The highest BCUT2D eigenvalue weighted by Gasteiger charge is 2.27. The molecule has 27 heavy (non-hydrogen) atoms. The number of rotatable bonds is 5. The second-order valence-electron chi connectivity index (χ2n) is 7.22. The molecule has 0 saturated carbocycles. The molecule has 1 aromatic heterocycles. The van der Waals surface area contributed by atoms with Crippen LogP contribution in [0, 0.1) is 0 Å². The zero-order valence-corrected chi connectivity index (χ0v) is 15.9. The van der Waals surface area contributed by atoms with Crippen LogP contribution in [0.1, 0.15) is 37.7 Å². The largest absolute Gasteiger partial charge is 0.450 e. The number of aryl methyl sites for hydroxylation is 1. The summed E-state index contributed by atoms with van der Waals surface area (Å²) in [6, 6.07) is 8.59. The Hall–Kier alpha value is -2.05. The zero-order chi connectivity index (χ0) is 18.6. The first kappa shape index (κ1) is 18.3. The van der Waals surface area contributed by atoms with Gasteiger partial charge in [0.2, 0.25) is 0 Å². The number of carbonyl (C=O) groups is 1. The average molecular weight is 372 g/mol. The van der Waals surface area contributed by atoms with E-state index in [9.17, 15) is 4.79 Å². The lowest BCUT2D eigenvalue weighted by atomic mass is 9.89. The van der Waals surface area contributed by atoms with Gasteiger partial charge >= 0.3 is 6.09 Å². The minimum Gasteiger partial charge on any atom is -0.450 e. The number of aromatic nitrogens is 1. The minimum atomic E-state index is -0.185. The quantitative estimate of drug-likeness (QED) is 0.802. The molecular formula is C21H28N2O4. The number of nitrogens with zero attached hydrogens (tertiary/aromatic N) is 2. The summed E-state index contributed by atoms with van der Waals surface area (Å²) in [6.45, 7) is 6.07. The first-order chi connectivity index (χ1) is 13.3. The molecule has 6 heteroatoms. The monoisotopic (exact) mass is 372 g/mol. The van der Waals surface area contributed by atoms with E-state index < -0.39 is 0 Å². The maximum Gasteiger partial charge on any atom is 0.409 e. The van der Waals surface area contributed by atoms with Crippen molar-refractivity contribution < 1.29 is 19.0 Å². The van der Waals surface area contributed by atoms with Crippen LogP contribution in [0.25, 0.3) is 10.9 Å². The second-order valence-corrected chi connectivity index (χ2v) is 7.22. The van der Waals surface area contributed by atoms with Gasteiger partial charge in [0.05, 0.1) is 19.8 Å². The summed E-state index contributed by atoms with van der Waals surface area (Å²) >= 11 is 0. The van der Waals surface area contributed by atoms with E-state index in [2.05, 4.69) is 35.0 Å². The first-order valence-electron chi connectivity index (χ1n) is 9.99. The van der Waals surface area contributed by atoms with Gasteiger partial charge in [-0.1, -0.05) is 18.2 Å². The molecule has 146 valence electrons. The number of likely N-dealkylation sites (tertiary alicyclic amines) is 1. The van der Waals surface area contributed by atoms with Gasteiger partial charge in [-0.05, 0) is 37.3 Å². The van der Waals surface area contributed by atoms with E-state index in [1.807, 2.05) is 11.8 Å². The number of para-hydroxylation sites is 1. The molecule has 2 aliphatic rings. The fourth-order valence-electron chi connectivity index (χ4n) is 4.19. The van der Waals surface area contributed by atoms with Crippen LogP contribution in [0.15, 0.2) is 30.5 Å². The first-order valence-corrected chi connectivity index (χ1v) is 9.99. The molecule has 2 saturated heterocycles. The molecule has 0 N–H and O–H groups in total. The van der Waals surface area contributed by atoms with Crippen molar-refractivity contribution in [2.45, 2.75) is 44.9 Å². The molecule has 6 nitrogen and oxygen atoms in total. The van der Waals surface area contributed by atoms with E-state index in [1.165, 1.54) is 16.5 Å². The summed E-state index contributed by atoms with van der Waals surface area (Å²) in [4.78, 5) is 13.8. The Bertz CT molecular complexity index is 774. The molecule has 0 radical (unpaired) electrons. The number of ether oxygens (including phenoxy) is 3. The molecular weight excluding hydrogens is 344 g/mol. The summed E-state index contributed by atoms with van der Waals surface area (Å²) < 4.78 is 18.6. The Balaban J connectivity index is 1.48. The molecule has 4 rings (SSSR count). The number of piperidine rings is 1. The fraction of sp³-hybridized carbons (Fsp3) is 0.571. The number of benzene rings is 1. The van der Waals surface area contributed by atoms with Crippen LogP contribution in [0.4, 0.5) is 4.79 Å². The number of hydrogen-bond donors (Lipinski definition) is 0. The van der Waals surface area contributed by atoms with Crippen LogP contribution in [-0.4, -0.2) is 54.8 Å².